The summed E-state index contributed by atoms with van der Waals surface area (Å²) in [5, 5.41) is 2.75. The van der Waals surface area contributed by atoms with Crippen molar-refractivity contribution in [3.8, 4) is 5.75 Å². The van der Waals surface area contributed by atoms with Crippen LogP contribution < -0.4 is 10.1 Å². The summed E-state index contributed by atoms with van der Waals surface area (Å²) in [6, 6.07) is 6.69. The van der Waals surface area contributed by atoms with Gasteiger partial charge in [-0.05, 0) is 48.2 Å². The van der Waals surface area contributed by atoms with E-state index in [9.17, 15) is 26.6 Å². The molecule has 3 rings (SSSR count). The normalized spacial score (nSPS) is 19.5. The lowest BCUT2D eigenvalue weighted by Crippen LogP contribution is -2.50. The van der Waals surface area contributed by atoms with Gasteiger partial charge in [0.05, 0.1) is 24.6 Å². The summed E-state index contributed by atoms with van der Waals surface area (Å²) in [6.07, 6.45) is -2.27. The van der Waals surface area contributed by atoms with Crippen molar-refractivity contribution in [2.75, 3.05) is 18.6 Å². The summed E-state index contributed by atoms with van der Waals surface area (Å²) in [5.74, 6) is -1.84. The largest absolute Gasteiger partial charge is 0.496 e. The highest BCUT2D eigenvalue weighted by Crippen LogP contribution is 2.38. The number of benzene rings is 2. The van der Waals surface area contributed by atoms with Crippen molar-refractivity contribution in [3.05, 3.63) is 70.0 Å². The Bertz CT molecular complexity index is 1050. The van der Waals surface area contributed by atoms with Crippen LogP contribution in [-0.2, 0) is 10.8 Å². The van der Waals surface area contributed by atoms with Crippen LogP contribution in [0.15, 0.2) is 36.4 Å². The Morgan fingerprint density at radius 3 is 2.34 bits per heavy atom. The van der Waals surface area contributed by atoms with Crippen molar-refractivity contribution in [3.63, 3.8) is 0 Å². The molecule has 32 heavy (non-hydrogen) atoms. The number of carbonyl (C=O) groups is 1. The van der Waals surface area contributed by atoms with E-state index < -0.39 is 34.6 Å². The number of ether oxygens (including phenoxy) is 1. The first-order chi connectivity index (χ1) is 15.0. The first kappa shape index (κ1) is 24.0. The van der Waals surface area contributed by atoms with Crippen LogP contribution in [0.3, 0.4) is 0 Å². The second kappa shape index (κ2) is 9.44. The van der Waals surface area contributed by atoms with Gasteiger partial charge in [0.1, 0.15) is 11.6 Å². The zero-order valence-electron chi connectivity index (χ0n) is 17.8. The molecule has 1 N–H and O–H groups in total. The summed E-state index contributed by atoms with van der Waals surface area (Å²) in [4.78, 5) is 12.4. The summed E-state index contributed by atoms with van der Waals surface area (Å²) in [5.41, 5.74) is 0.892. The predicted octanol–water partition coefficient (Wildman–Crippen LogP) is 4.67. The molecule has 0 aromatic heterocycles. The molecule has 0 bridgehead atoms. The van der Waals surface area contributed by atoms with E-state index in [1.54, 1.807) is 0 Å². The quantitative estimate of drug-likeness (QED) is 0.626. The Hall–Kier alpha value is -2.68. The fourth-order valence-electron chi connectivity index (χ4n) is 3.52. The smallest absolute Gasteiger partial charge is 0.399 e. The number of methoxy groups -OCH3 is 1. The van der Waals surface area contributed by atoms with Crippen LogP contribution in [0.2, 0.25) is 0 Å². The van der Waals surface area contributed by atoms with Gasteiger partial charge in [0, 0.05) is 22.3 Å². The molecule has 1 aliphatic rings. The number of allylic oxidation sites excluding steroid dienone is 1. The van der Waals surface area contributed by atoms with Gasteiger partial charge in [0.15, 0.2) is 0 Å². The monoisotopic (exact) mass is 469 g/mol. The lowest BCUT2D eigenvalue weighted by atomic mass is 9.93. The molecule has 0 aliphatic carbocycles. The van der Waals surface area contributed by atoms with E-state index in [-0.39, 0.29) is 34.0 Å². The molecule has 2 aromatic rings. The molecule has 1 aliphatic heterocycles. The Balaban J connectivity index is 1.85. The van der Waals surface area contributed by atoms with Crippen LogP contribution in [0.25, 0.3) is 6.08 Å². The summed E-state index contributed by atoms with van der Waals surface area (Å²) in [6.45, 7) is 2.86. The molecular weight excluding hydrogens is 446 g/mol. The van der Waals surface area contributed by atoms with Crippen LogP contribution in [0.1, 0.15) is 38.5 Å². The number of nitrogens with one attached hydrogen (secondary N) is 1. The topological polar surface area (TPSA) is 55.4 Å². The van der Waals surface area contributed by atoms with Crippen molar-refractivity contribution in [1.82, 2.24) is 5.32 Å². The zero-order valence-corrected chi connectivity index (χ0v) is 18.6. The molecule has 9 heteroatoms. The number of amides is 1. The first-order valence-electron chi connectivity index (χ1n) is 9.85. The predicted molar refractivity (Wildman–Crippen MR) is 116 cm³/mol. The lowest BCUT2D eigenvalue weighted by molar-refractivity contribution is -0.139. The van der Waals surface area contributed by atoms with Crippen LogP contribution >= 0.6 is 0 Å². The van der Waals surface area contributed by atoms with Crippen LogP contribution in [0.4, 0.5) is 17.6 Å². The minimum absolute atomic E-state index is 0.0500. The minimum atomic E-state index is -4.57. The van der Waals surface area contributed by atoms with E-state index in [1.807, 2.05) is 0 Å². The molecule has 1 atom stereocenters. The molecule has 0 saturated carbocycles. The maximum atomic E-state index is 13.9. The van der Waals surface area contributed by atoms with E-state index in [2.05, 4.69) is 5.32 Å². The molecule has 1 heterocycles. The van der Waals surface area contributed by atoms with Crippen molar-refractivity contribution < 1.29 is 31.3 Å². The number of aryl methyl sites for hydroxylation is 2. The summed E-state index contributed by atoms with van der Waals surface area (Å²) < 4.78 is 71.5. The van der Waals surface area contributed by atoms with Crippen molar-refractivity contribution >= 4 is 22.8 Å². The zero-order chi connectivity index (χ0) is 23.6. The maximum absolute atomic E-state index is 13.9. The third kappa shape index (κ3) is 5.38. The van der Waals surface area contributed by atoms with Gasteiger partial charge < -0.3 is 10.1 Å². The molecule has 0 radical (unpaired) electrons. The highest BCUT2D eigenvalue weighted by molar-refractivity contribution is 7.86. The fourth-order valence-corrected chi connectivity index (χ4v) is 4.49. The molecule has 1 fully saturated rings. The summed E-state index contributed by atoms with van der Waals surface area (Å²) in [7, 11) is 0.453. The van der Waals surface area contributed by atoms with Crippen LogP contribution in [0.5, 0.6) is 5.75 Å². The number of alkyl halides is 3. The average Bonchev–Trinajstić information content (AvgIpc) is 2.69. The standard InChI is InChI=1S/C23H23F4NO3S/c1-13-8-16(9-14(2)21(13)24)19(23(25,26)27)7-5-15-4-6-18(20(10-15)31-3)22(29)28-17-11-32(30)12-17/h4-10,17,19H,11-12H2,1-3H3,(H,28,29)/b7-5+. The molecule has 4 nitrogen and oxygen atoms in total. The highest BCUT2D eigenvalue weighted by atomic mass is 32.2. The fraction of sp³-hybridized carbons (Fsp3) is 0.348. The second-order valence-electron chi connectivity index (χ2n) is 7.75. The van der Waals surface area contributed by atoms with Gasteiger partial charge in [-0.15, -0.1) is 0 Å². The first-order valence-corrected chi connectivity index (χ1v) is 11.3. The summed E-state index contributed by atoms with van der Waals surface area (Å²) >= 11 is 0. The Morgan fingerprint density at radius 1 is 1.19 bits per heavy atom. The van der Waals surface area contributed by atoms with Crippen LogP contribution in [-0.4, -0.2) is 40.9 Å². The van der Waals surface area contributed by atoms with Gasteiger partial charge in [-0.25, -0.2) is 4.39 Å². The average molecular weight is 470 g/mol. The van der Waals surface area contributed by atoms with Crippen molar-refractivity contribution in [1.29, 1.82) is 0 Å². The minimum Gasteiger partial charge on any atom is -0.496 e. The molecule has 1 saturated heterocycles. The van der Waals surface area contributed by atoms with E-state index in [1.165, 1.54) is 57.4 Å². The SMILES string of the molecule is COc1cc(/C=C/C(c2cc(C)c(F)c(C)c2)C(F)(F)F)ccc1C(=O)NC1CS(=O)C1. The third-order valence-electron chi connectivity index (χ3n) is 5.23. The molecule has 1 amide bonds. The van der Waals surface area contributed by atoms with Crippen molar-refractivity contribution in [2.24, 2.45) is 0 Å². The van der Waals surface area contributed by atoms with Gasteiger partial charge in [0.25, 0.3) is 5.91 Å². The molecule has 0 spiro atoms. The Labute approximate surface area is 186 Å². The van der Waals surface area contributed by atoms with Gasteiger partial charge in [-0.2, -0.15) is 13.2 Å². The van der Waals surface area contributed by atoms with E-state index in [4.69, 9.17) is 4.74 Å². The highest BCUT2D eigenvalue weighted by Gasteiger charge is 2.39. The number of rotatable bonds is 6. The van der Waals surface area contributed by atoms with Gasteiger partial charge in [-0.3, -0.25) is 9.00 Å². The van der Waals surface area contributed by atoms with Gasteiger partial charge in [0.2, 0.25) is 0 Å². The Kier molecular flexibility index (Phi) is 7.07. The maximum Gasteiger partial charge on any atom is 0.399 e. The number of halogens is 4. The number of carbonyl (C=O) groups excluding carboxylic acids is 1. The molecule has 1 unspecified atom stereocenters. The van der Waals surface area contributed by atoms with E-state index in [0.717, 1.165) is 6.08 Å². The Morgan fingerprint density at radius 2 is 1.81 bits per heavy atom. The molecule has 2 aromatic carbocycles. The van der Waals surface area contributed by atoms with Gasteiger partial charge >= 0.3 is 6.18 Å². The number of hydrogen-bond acceptors (Lipinski definition) is 3. The second-order valence-corrected chi connectivity index (χ2v) is 9.30. The van der Waals surface area contributed by atoms with Crippen LogP contribution in [0, 0.1) is 19.7 Å². The van der Waals surface area contributed by atoms with Crippen molar-refractivity contribution in [2.45, 2.75) is 32.0 Å². The van der Waals surface area contributed by atoms with E-state index >= 15 is 0 Å². The molecule has 172 valence electrons. The lowest BCUT2D eigenvalue weighted by Gasteiger charge is -2.26. The third-order valence-corrected chi connectivity index (χ3v) is 6.78. The number of hydrogen-bond donors (Lipinski definition) is 1. The molecular formula is C23H23F4NO3S. The van der Waals surface area contributed by atoms with E-state index in [0.29, 0.717) is 17.1 Å². The van der Waals surface area contributed by atoms with Gasteiger partial charge in [-0.1, -0.05) is 30.4 Å².